The van der Waals surface area contributed by atoms with Gasteiger partial charge in [-0.1, -0.05) is 11.8 Å². The fourth-order valence-electron chi connectivity index (χ4n) is 2.42. The zero-order chi connectivity index (χ0) is 21.3. The zero-order valence-electron chi connectivity index (χ0n) is 16.5. The highest BCUT2D eigenvalue weighted by molar-refractivity contribution is 7.98. The molecule has 0 atom stereocenters. The first-order valence-corrected chi connectivity index (χ1v) is 10.2. The maximum atomic E-state index is 12.5. The summed E-state index contributed by atoms with van der Waals surface area (Å²) in [6.45, 7) is 4.56. The molecule has 0 spiro atoms. The predicted octanol–water partition coefficient (Wildman–Crippen LogP) is 3.74. The Balaban J connectivity index is 1.69. The van der Waals surface area contributed by atoms with Gasteiger partial charge in [0, 0.05) is 18.5 Å². The van der Waals surface area contributed by atoms with Gasteiger partial charge < -0.3 is 18.6 Å². The Bertz CT molecular complexity index is 1050. The highest BCUT2D eigenvalue weighted by atomic mass is 32.2. The van der Waals surface area contributed by atoms with Crippen molar-refractivity contribution in [2.24, 2.45) is 0 Å². The van der Waals surface area contributed by atoms with Crippen LogP contribution in [0.3, 0.4) is 0 Å². The van der Waals surface area contributed by atoms with Crippen molar-refractivity contribution >= 4 is 17.7 Å². The van der Waals surface area contributed by atoms with Gasteiger partial charge in [-0.15, -0.1) is 0 Å². The first-order valence-electron chi connectivity index (χ1n) is 9.24. The van der Waals surface area contributed by atoms with Gasteiger partial charge in [0.15, 0.2) is 16.7 Å². The minimum atomic E-state index is -0.703. The normalized spacial score (nSPS) is 10.5. The van der Waals surface area contributed by atoms with E-state index in [0.29, 0.717) is 41.4 Å². The fraction of sp³-hybridized carbons (Fsp3) is 0.238. The molecule has 0 N–H and O–H groups in total. The number of carbonyl (C=O) groups is 1. The third kappa shape index (κ3) is 5.60. The molecule has 2 aromatic heterocycles. The number of carbonyl (C=O) groups excluding carboxylic acids is 1. The second-order valence-corrected chi connectivity index (χ2v) is 6.75. The van der Waals surface area contributed by atoms with Gasteiger partial charge in [-0.2, -0.15) is 0 Å². The van der Waals surface area contributed by atoms with E-state index in [2.05, 4.69) is 9.97 Å². The van der Waals surface area contributed by atoms with Gasteiger partial charge in [0.05, 0.1) is 24.5 Å². The summed E-state index contributed by atoms with van der Waals surface area (Å²) in [5.41, 5.74) is -0.239. The van der Waals surface area contributed by atoms with E-state index in [1.807, 2.05) is 13.8 Å². The van der Waals surface area contributed by atoms with Gasteiger partial charge in [0.2, 0.25) is 11.2 Å². The van der Waals surface area contributed by atoms with Crippen molar-refractivity contribution in [3.63, 3.8) is 0 Å². The molecule has 0 aliphatic rings. The lowest BCUT2D eigenvalue weighted by molar-refractivity contribution is 0.0728. The van der Waals surface area contributed by atoms with Gasteiger partial charge >= 0.3 is 5.97 Å². The van der Waals surface area contributed by atoms with Gasteiger partial charge in [-0.25, -0.2) is 14.8 Å². The molecule has 3 aromatic rings. The van der Waals surface area contributed by atoms with E-state index in [-0.39, 0.29) is 11.3 Å². The molecule has 0 saturated carbocycles. The molecule has 3 rings (SSSR count). The lowest BCUT2D eigenvalue weighted by Gasteiger charge is -2.12. The first-order chi connectivity index (χ1) is 14.6. The van der Waals surface area contributed by atoms with E-state index in [1.165, 1.54) is 23.9 Å². The number of hydrogen-bond donors (Lipinski definition) is 0. The standard InChI is InChI=1S/C21H20N2O6S/c1-3-26-17-7-6-14(10-18(17)27-4-2)20(25)29-19-12-28-15(11-16(19)24)13-30-21-22-8-5-9-23-21/h5-12H,3-4,13H2,1-2H3. The number of hydrogen-bond acceptors (Lipinski definition) is 9. The van der Waals surface area contributed by atoms with Gasteiger partial charge in [0.25, 0.3) is 0 Å². The summed E-state index contributed by atoms with van der Waals surface area (Å²) >= 11 is 1.32. The molecule has 8 nitrogen and oxygen atoms in total. The Morgan fingerprint density at radius 2 is 1.77 bits per heavy atom. The maximum Gasteiger partial charge on any atom is 0.343 e. The van der Waals surface area contributed by atoms with Crippen molar-refractivity contribution in [2.75, 3.05) is 13.2 Å². The molecule has 30 heavy (non-hydrogen) atoms. The fourth-order valence-corrected chi connectivity index (χ4v) is 3.11. The number of nitrogens with zero attached hydrogens (tertiary/aromatic N) is 2. The molecule has 0 aliphatic heterocycles. The number of benzene rings is 1. The van der Waals surface area contributed by atoms with E-state index in [9.17, 15) is 9.59 Å². The molecular formula is C21H20N2O6S. The van der Waals surface area contributed by atoms with Crippen LogP contribution < -0.4 is 19.6 Å². The van der Waals surface area contributed by atoms with Gasteiger partial charge in [-0.3, -0.25) is 4.79 Å². The van der Waals surface area contributed by atoms with Crippen LogP contribution in [-0.2, 0) is 5.75 Å². The number of thioether (sulfide) groups is 1. The summed E-state index contributed by atoms with van der Waals surface area (Å²) < 4.78 is 21.6. The van der Waals surface area contributed by atoms with E-state index in [1.54, 1.807) is 30.6 Å². The maximum absolute atomic E-state index is 12.5. The van der Waals surface area contributed by atoms with Crippen molar-refractivity contribution in [1.29, 1.82) is 0 Å². The molecule has 0 unspecified atom stereocenters. The summed E-state index contributed by atoms with van der Waals surface area (Å²) in [6, 6.07) is 7.68. The van der Waals surface area contributed by atoms with Crippen LogP contribution in [0.4, 0.5) is 0 Å². The third-order valence-electron chi connectivity index (χ3n) is 3.72. The Morgan fingerprint density at radius 1 is 1.03 bits per heavy atom. The molecule has 0 bridgehead atoms. The Morgan fingerprint density at radius 3 is 2.47 bits per heavy atom. The van der Waals surface area contributed by atoms with Crippen LogP contribution in [0.2, 0.25) is 0 Å². The molecule has 0 fully saturated rings. The first kappa shape index (κ1) is 21.4. The van der Waals surface area contributed by atoms with Crippen LogP contribution in [0.25, 0.3) is 0 Å². The number of aromatic nitrogens is 2. The minimum absolute atomic E-state index is 0.198. The van der Waals surface area contributed by atoms with Crippen LogP contribution >= 0.6 is 11.8 Å². The predicted molar refractivity (Wildman–Crippen MR) is 110 cm³/mol. The topological polar surface area (TPSA) is 101 Å². The lowest BCUT2D eigenvalue weighted by Crippen LogP contribution is -2.15. The monoisotopic (exact) mass is 428 g/mol. The second kappa shape index (κ2) is 10.4. The van der Waals surface area contributed by atoms with Crippen molar-refractivity contribution in [3.05, 3.63) is 70.5 Å². The Kier molecular flexibility index (Phi) is 7.45. The summed E-state index contributed by atoms with van der Waals surface area (Å²) in [5.74, 6) is 0.833. The van der Waals surface area contributed by atoms with Crippen LogP contribution in [0.1, 0.15) is 30.0 Å². The molecule has 2 heterocycles. The van der Waals surface area contributed by atoms with Crippen LogP contribution in [0.15, 0.2) is 63.4 Å². The van der Waals surface area contributed by atoms with E-state index < -0.39 is 11.4 Å². The number of rotatable bonds is 9. The highest BCUT2D eigenvalue weighted by Crippen LogP contribution is 2.29. The number of esters is 1. The third-order valence-corrected chi connectivity index (χ3v) is 4.62. The molecular weight excluding hydrogens is 408 g/mol. The largest absolute Gasteiger partial charge is 0.490 e. The second-order valence-electron chi connectivity index (χ2n) is 5.81. The van der Waals surface area contributed by atoms with Gasteiger partial charge in [0.1, 0.15) is 12.0 Å². The van der Waals surface area contributed by atoms with Crippen molar-refractivity contribution < 1.29 is 23.4 Å². The summed E-state index contributed by atoms with van der Waals surface area (Å²) in [7, 11) is 0. The van der Waals surface area contributed by atoms with Crippen LogP contribution in [0, 0.1) is 0 Å². The molecule has 1 aromatic carbocycles. The molecule has 0 radical (unpaired) electrons. The Labute approximate surface area is 177 Å². The SMILES string of the molecule is CCOc1ccc(C(=O)Oc2coc(CSc3ncccn3)cc2=O)cc1OCC. The summed E-state index contributed by atoms with van der Waals surface area (Å²) in [4.78, 5) is 32.9. The van der Waals surface area contributed by atoms with Crippen molar-refractivity contribution in [2.45, 2.75) is 24.8 Å². The van der Waals surface area contributed by atoms with Crippen LogP contribution in [0.5, 0.6) is 17.2 Å². The van der Waals surface area contributed by atoms with Crippen molar-refractivity contribution in [3.8, 4) is 17.2 Å². The molecule has 9 heteroatoms. The minimum Gasteiger partial charge on any atom is -0.490 e. The Hall–Kier alpha value is -3.33. The smallest absolute Gasteiger partial charge is 0.343 e. The van der Waals surface area contributed by atoms with Crippen molar-refractivity contribution in [1.82, 2.24) is 9.97 Å². The molecule has 0 aliphatic carbocycles. The average molecular weight is 428 g/mol. The van der Waals surface area contributed by atoms with E-state index in [4.69, 9.17) is 18.6 Å². The number of ether oxygens (including phenoxy) is 3. The van der Waals surface area contributed by atoms with E-state index >= 15 is 0 Å². The highest BCUT2D eigenvalue weighted by Gasteiger charge is 2.16. The van der Waals surface area contributed by atoms with Crippen LogP contribution in [-0.4, -0.2) is 29.2 Å². The molecule has 0 saturated heterocycles. The quantitative estimate of drug-likeness (QED) is 0.286. The molecule has 0 amide bonds. The van der Waals surface area contributed by atoms with Gasteiger partial charge in [-0.05, 0) is 38.1 Å². The summed E-state index contributed by atoms with van der Waals surface area (Å²) in [5, 5.41) is 0.566. The zero-order valence-corrected chi connectivity index (χ0v) is 17.3. The lowest BCUT2D eigenvalue weighted by atomic mass is 10.2. The molecule has 156 valence electrons. The van der Waals surface area contributed by atoms with E-state index in [0.717, 1.165) is 6.26 Å². The summed E-state index contributed by atoms with van der Waals surface area (Å²) in [6.07, 6.45) is 4.39. The average Bonchev–Trinajstić information content (AvgIpc) is 2.76.